The monoisotopic (exact) mass is 241 g/mol. The van der Waals surface area contributed by atoms with Crippen LogP contribution in [0.5, 0.6) is 0 Å². The van der Waals surface area contributed by atoms with E-state index in [4.69, 9.17) is 0 Å². The van der Waals surface area contributed by atoms with Crippen LogP contribution in [0.3, 0.4) is 0 Å². The van der Waals surface area contributed by atoms with Crippen LogP contribution in [0.25, 0.3) is 0 Å². The summed E-state index contributed by atoms with van der Waals surface area (Å²) < 4.78 is 0. The van der Waals surface area contributed by atoms with Gasteiger partial charge in [-0.15, -0.1) is 0 Å². The van der Waals surface area contributed by atoms with Gasteiger partial charge in [-0.2, -0.15) is 0 Å². The fourth-order valence-corrected chi connectivity index (χ4v) is 1.97. The molecule has 17 heavy (non-hydrogen) atoms. The molecule has 1 heterocycles. The molecule has 0 saturated carbocycles. The van der Waals surface area contributed by atoms with Gasteiger partial charge in [0, 0.05) is 27.2 Å². The van der Waals surface area contributed by atoms with Gasteiger partial charge < -0.3 is 15.1 Å². The molecule has 1 atom stereocenters. The van der Waals surface area contributed by atoms with Crippen molar-refractivity contribution in [3.05, 3.63) is 0 Å². The molecule has 98 valence electrons. The van der Waals surface area contributed by atoms with Crippen molar-refractivity contribution >= 4 is 11.8 Å². The second kappa shape index (κ2) is 6.59. The Bertz CT molecular complexity index is 273. The minimum absolute atomic E-state index is 0.0241. The summed E-state index contributed by atoms with van der Waals surface area (Å²) in [6.07, 6.45) is 1.97. The second-order valence-corrected chi connectivity index (χ2v) is 4.68. The quantitative estimate of drug-likeness (QED) is 0.749. The van der Waals surface area contributed by atoms with Gasteiger partial charge in [0.2, 0.25) is 11.8 Å². The Morgan fingerprint density at radius 3 is 2.53 bits per heavy atom. The highest BCUT2D eigenvalue weighted by molar-refractivity contribution is 5.85. The van der Waals surface area contributed by atoms with E-state index in [1.54, 1.807) is 19.0 Å². The molecular formula is C12H23N3O2. The number of carbonyl (C=O) groups excluding carboxylic acids is 2. The summed E-state index contributed by atoms with van der Waals surface area (Å²) in [5.41, 5.74) is 0. The van der Waals surface area contributed by atoms with E-state index in [0.717, 1.165) is 25.9 Å². The number of nitrogens with zero attached hydrogens (tertiary/aromatic N) is 2. The molecule has 0 aromatic heterocycles. The Balaban J connectivity index is 2.53. The molecule has 5 nitrogen and oxygen atoms in total. The molecule has 0 spiro atoms. The maximum Gasteiger partial charge on any atom is 0.241 e. The number of nitrogens with one attached hydrogen (secondary N) is 1. The molecule has 1 rings (SSSR count). The molecule has 5 heteroatoms. The summed E-state index contributed by atoms with van der Waals surface area (Å²) >= 11 is 0. The van der Waals surface area contributed by atoms with Crippen molar-refractivity contribution in [2.45, 2.75) is 19.8 Å². The van der Waals surface area contributed by atoms with E-state index < -0.39 is 0 Å². The van der Waals surface area contributed by atoms with E-state index in [1.165, 1.54) is 4.90 Å². The highest BCUT2D eigenvalue weighted by Crippen LogP contribution is 2.13. The van der Waals surface area contributed by atoms with E-state index in [-0.39, 0.29) is 24.3 Å². The van der Waals surface area contributed by atoms with Gasteiger partial charge in [-0.3, -0.25) is 9.59 Å². The summed E-state index contributed by atoms with van der Waals surface area (Å²) in [7, 11) is 3.42. The predicted octanol–water partition coefficient (Wildman–Crippen LogP) is -0.0773. The highest BCUT2D eigenvalue weighted by atomic mass is 16.2. The lowest BCUT2D eigenvalue weighted by molar-refractivity contribution is -0.142. The van der Waals surface area contributed by atoms with Crippen molar-refractivity contribution in [3.63, 3.8) is 0 Å². The number of hydrogen-bond acceptors (Lipinski definition) is 3. The summed E-state index contributed by atoms with van der Waals surface area (Å²) in [6, 6.07) is 0. The Morgan fingerprint density at radius 2 is 2.06 bits per heavy atom. The maximum atomic E-state index is 12.2. The van der Waals surface area contributed by atoms with Gasteiger partial charge in [-0.05, 0) is 26.3 Å². The first-order valence-corrected chi connectivity index (χ1v) is 6.26. The first-order valence-electron chi connectivity index (χ1n) is 6.26. The zero-order valence-electron chi connectivity index (χ0n) is 11.0. The van der Waals surface area contributed by atoms with Crippen molar-refractivity contribution in [2.24, 2.45) is 5.92 Å². The number of hydrogen-bond donors (Lipinski definition) is 1. The molecule has 1 fully saturated rings. The van der Waals surface area contributed by atoms with E-state index in [2.05, 4.69) is 5.32 Å². The van der Waals surface area contributed by atoms with Crippen molar-refractivity contribution in [3.8, 4) is 0 Å². The van der Waals surface area contributed by atoms with Gasteiger partial charge >= 0.3 is 0 Å². The zero-order chi connectivity index (χ0) is 12.8. The van der Waals surface area contributed by atoms with Crippen LogP contribution in [0.1, 0.15) is 19.8 Å². The summed E-state index contributed by atoms with van der Waals surface area (Å²) in [5, 5.41) is 3.23. The fraction of sp³-hybridized carbons (Fsp3) is 0.833. The van der Waals surface area contributed by atoms with Crippen LogP contribution >= 0.6 is 0 Å². The number of carbonyl (C=O) groups is 2. The zero-order valence-corrected chi connectivity index (χ0v) is 11.0. The van der Waals surface area contributed by atoms with E-state index in [1.807, 2.05) is 6.92 Å². The van der Waals surface area contributed by atoms with Gasteiger partial charge in [0.15, 0.2) is 0 Å². The average Bonchev–Trinajstić information content (AvgIpc) is 2.35. The van der Waals surface area contributed by atoms with E-state index >= 15 is 0 Å². The lowest BCUT2D eigenvalue weighted by atomic mass is 9.98. The SMILES string of the molecule is CCN(CC(=O)N(C)C)C(=O)[C@H]1CCCNC1. The third kappa shape index (κ3) is 4.00. The van der Waals surface area contributed by atoms with Crippen LogP contribution in [-0.2, 0) is 9.59 Å². The normalized spacial score (nSPS) is 19.8. The minimum Gasteiger partial charge on any atom is -0.347 e. The van der Waals surface area contributed by atoms with Gasteiger partial charge in [0.1, 0.15) is 0 Å². The molecule has 1 saturated heterocycles. The molecule has 0 aliphatic carbocycles. The minimum atomic E-state index is -0.0241. The molecular weight excluding hydrogens is 218 g/mol. The number of amides is 2. The van der Waals surface area contributed by atoms with Gasteiger partial charge in [-0.1, -0.05) is 0 Å². The Labute approximate surface area is 103 Å². The smallest absolute Gasteiger partial charge is 0.241 e. The standard InChI is InChI=1S/C12H23N3O2/c1-4-15(9-11(16)14(2)3)12(17)10-6-5-7-13-8-10/h10,13H,4-9H2,1-3H3/t10-/m0/s1. The largest absolute Gasteiger partial charge is 0.347 e. The van der Waals surface area contributed by atoms with Crippen LogP contribution in [0.4, 0.5) is 0 Å². The van der Waals surface area contributed by atoms with Crippen LogP contribution < -0.4 is 5.32 Å². The van der Waals surface area contributed by atoms with Crippen molar-refractivity contribution in [2.75, 3.05) is 40.3 Å². The second-order valence-electron chi connectivity index (χ2n) is 4.68. The Hall–Kier alpha value is -1.10. The molecule has 0 aromatic rings. The van der Waals surface area contributed by atoms with Crippen molar-refractivity contribution in [1.29, 1.82) is 0 Å². The molecule has 0 bridgehead atoms. The van der Waals surface area contributed by atoms with Gasteiger partial charge in [-0.25, -0.2) is 0 Å². The van der Waals surface area contributed by atoms with Crippen LogP contribution in [0.2, 0.25) is 0 Å². The summed E-state index contributed by atoms with van der Waals surface area (Å²) in [5.74, 6) is 0.123. The van der Waals surface area contributed by atoms with Gasteiger partial charge in [0.05, 0.1) is 12.5 Å². The molecule has 1 aliphatic heterocycles. The molecule has 0 unspecified atom stereocenters. The number of piperidine rings is 1. The fourth-order valence-electron chi connectivity index (χ4n) is 1.97. The van der Waals surface area contributed by atoms with Crippen LogP contribution in [0.15, 0.2) is 0 Å². The lowest BCUT2D eigenvalue weighted by Crippen LogP contribution is -2.46. The molecule has 0 aromatic carbocycles. The molecule has 0 radical (unpaired) electrons. The third-order valence-electron chi connectivity index (χ3n) is 3.16. The van der Waals surface area contributed by atoms with Crippen LogP contribution in [0, 0.1) is 5.92 Å². The third-order valence-corrected chi connectivity index (χ3v) is 3.16. The van der Waals surface area contributed by atoms with Gasteiger partial charge in [0.25, 0.3) is 0 Å². The molecule has 2 amide bonds. The lowest BCUT2D eigenvalue weighted by Gasteiger charge is -2.29. The molecule has 1 N–H and O–H groups in total. The first-order chi connectivity index (χ1) is 8.06. The summed E-state index contributed by atoms with van der Waals surface area (Å²) in [6.45, 7) is 4.43. The highest BCUT2D eigenvalue weighted by Gasteiger charge is 2.26. The maximum absolute atomic E-state index is 12.2. The van der Waals surface area contributed by atoms with E-state index in [9.17, 15) is 9.59 Å². The molecule has 1 aliphatic rings. The summed E-state index contributed by atoms with van der Waals surface area (Å²) in [4.78, 5) is 27.0. The topological polar surface area (TPSA) is 52.7 Å². The Kier molecular flexibility index (Phi) is 5.41. The average molecular weight is 241 g/mol. The number of likely N-dealkylation sites (N-methyl/N-ethyl adjacent to an activating group) is 2. The Morgan fingerprint density at radius 1 is 1.35 bits per heavy atom. The predicted molar refractivity (Wildman–Crippen MR) is 66.5 cm³/mol. The number of rotatable bonds is 4. The first kappa shape index (κ1) is 14.0. The van der Waals surface area contributed by atoms with Crippen molar-refractivity contribution in [1.82, 2.24) is 15.1 Å². The van der Waals surface area contributed by atoms with E-state index in [0.29, 0.717) is 6.54 Å². The van der Waals surface area contributed by atoms with Crippen molar-refractivity contribution < 1.29 is 9.59 Å². The van der Waals surface area contributed by atoms with Crippen LogP contribution in [-0.4, -0.2) is 61.9 Å².